The summed E-state index contributed by atoms with van der Waals surface area (Å²) >= 11 is 0. The van der Waals surface area contributed by atoms with Crippen LogP contribution in [-0.2, 0) is 6.54 Å². The third-order valence-electron chi connectivity index (χ3n) is 6.17. The summed E-state index contributed by atoms with van der Waals surface area (Å²) in [6.07, 6.45) is 0. The lowest BCUT2D eigenvalue weighted by Crippen LogP contribution is -2.39. The van der Waals surface area contributed by atoms with Crippen LogP contribution in [0.2, 0.25) is 0 Å². The van der Waals surface area contributed by atoms with Crippen LogP contribution in [0.4, 0.5) is 0 Å². The Morgan fingerprint density at radius 2 is 1.26 bits per heavy atom. The number of hydrogen-bond donors (Lipinski definition) is 0. The van der Waals surface area contributed by atoms with Gasteiger partial charge in [-0.15, -0.1) is 0 Å². The first-order valence-electron chi connectivity index (χ1n) is 11.3. The molecule has 5 rings (SSSR count). The van der Waals surface area contributed by atoms with Gasteiger partial charge in [0.1, 0.15) is 0 Å². The molecule has 0 N–H and O–H groups in total. The molecule has 1 unspecified atom stereocenters. The molecule has 4 aromatic rings. The molecule has 1 atom stereocenters. The zero-order chi connectivity index (χ0) is 23.8. The van der Waals surface area contributed by atoms with E-state index in [9.17, 15) is 14.4 Å². The van der Waals surface area contributed by atoms with E-state index < -0.39 is 11.8 Å². The Balaban J connectivity index is 1.72. The highest BCUT2D eigenvalue weighted by molar-refractivity contribution is 6.21. The van der Waals surface area contributed by atoms with Crippen LogP contribution < -0.4 is 5.76 Å². The normalized spacial score (nSPS) is 14.0. The number of amides is 2. The molecule has 6 nitrogen and oxygen atoms in total. The molecular formula is C28H24N2O4. The van der Waals surface area contributed by atoms with E-state index in [1.165, 1.54) is 4.90 Å². The first-order valence-corrected chi connectivity index (χ1v) is 11.3. The summed E-state index contributed by atoms with van der Waals surface area (Å²) in [4.78, 5) is 41.3. The minimum absolute atomic E-state index is 0.177. The lowest BCUT2D eigenvalue weighted by molar-refractivity contribution is 0.0530. The Bertz CT molecular complexity index is 1380. The Kier molecular flexibility index (Phi) is 5.49. The van der Waals surface area contributed by atoms with Crippen LogP contribution in [-0.4, -0.2) is 21.3 Å². The number of rotatable bonds is 6. The van der Waals surface area contributed by atoms with Crippen molar-refractivity contribution in [2.75, 3.05) is 0 Å². The third kappa shape index (κ3) is 3.57. The van der Waals surface area contributed by atoms with Crippen LogP contribution in [0.25, 0.3) is 11.3 Å². The Morgan fingerprint density at radius 1 is 0.735 bits per heavy atom. The number of carbonyl (C=O) groups is 2. The van der Waals surface area contributed by atoms with Crippen molar-refractivity contribution >= 4 is 11.8 Å². The van der Waals surface area contributed by atoms with Gasteiger partial charge in [-0.2, -0.15) is 0 Å². The van der Waals surface area contributed by atoms with Crippen LogP contribution in [0, 0.1) is 5.92 Å². The van der Waals surface area contributed by atoms with Gasteiger partial charge in [0.15, 0.2) is 5.76 Å². The SMILES string of the molecule is CC(C)C(c1c(-c2ccccc2)oc(=O)n1Cc1ccccc1)N1C(=O)c2ccccc2C1=O. The summed E-state index contributed by atoms with van der Waals surface area (Å²) in [6.45, 7) is 4.14. The monoisotopic (exact) mass is 452 g/mol. The van der Waals surface area contributed by atoms with Crippen molar-refractivity contribution in [1.29, 1.82) is 0 Å². The van der Waals surface area contributed by atoms with Crippen molar-refractivity contribution in [2.45, 2.75) is 26.4 Å². The number of hydrogen-bond acceptors (Lipinski definition) is 4. The lowest BCUT2D eigenvalue weighted by Gasteiger charge is -2.30. The maximum Gasteiger partial charge on any atom is 0.420 e. The standard InChI is InChI=1S/C28H24N2O4/c1-18(2)23(30-26(31)21-15-9-10-16-22(21)27(30)32)24-25(20-13-7-4-8-14-20)34-28(33)29(24)17-19-11-5-3-6-12-19/h3-16,18,23H,17H2,1-2H3. The number of carbonyl (C=O) groups excluding carboxylic acids is 2. The molecule has 2 amide bonds. The number of fused-ring (bicyclic) bond motifs is 1. The number of benzene rings is 3. The molecule has 0 spiro atoms. The van der Waals surface area contributed by atoms with Gasteiger partial charge >= 0.3 is 5.76 Å². The fourth-order valence-corrected chi connectivity index (χ4v) is 4.62. The highest BCUT2D eigenvalue weighted by atomic mass is 16.4. The molecule has 1 aliphatic heterocycles. The van der Waals surface area contributed by atoms with Crippen molar-refractivity contribution < 1.29 is 14.0 Å². The highest BCUT2D eigenvalue weighted by Gasteiger charge is 2.44. The van der Waals surface area contributed by atoms with Gasteiger partial charge < -0.3 is 4.42 Å². The molecule has 0 fully saturated rings. The van der Waals surface area contributed by atoms with Gasteiger partial charge in [-0.25, -0.2) is 4.79 Å². The van der Waals surface area contributed by atoms with Gasteiger partial charge in [-0.1, -0.05) is 86.6 Å². The average Bonchev–Trinajstić information content (AvgIpc) is 3.30. The predicted molar refractivity (Wildman–Crippen MR) is 128 cm³/mol. The van der Waals surface area contributed by atoms with Crippen LogP contribution >= 0.6 is 0 Å². The molecular weight excluding hydrogens is 428 g/mol. The summed E-state index contributed by atoms with van der Waals surface area (Å²) in [5.41, 5.74) is 2.89. The van der Waals surface area contributed by atoms with Gasteiger partial charge in [0.25, 0.3) is 11.8 Å². The van der Waals surface area contributed by atoms with Crippen LogP contribution in [0.1, 0.15) is 51.9 Å². The van der Waals surface area contributed by atoms with E-state index in [-0.39, 0.29) is 24.3 Å². The average molecular weight is 453 g/mol. The topological polar surface area (TPSA) is 72.5 Å². The second-order valence-electron chi connectivity index (χ2n) is 8.73. The molecule has 1 aliphatic rings. The third-order valence-corrected chi connectivity index (χ3v) is 6.17. The van der Waals surface area contributed by atoms with E-state index in [1.54, 1.807) is 28.8 Å². The molecule has 170 valence electrons. The highest BCUT2D eigenvalue weighted by Crippen LogP contribution is 2.40. The molecule has 34 heavy (non-hydrogen) atoms. The first kappa shape index (κ1) is 21.6. The second kappa shape index (κ2) is 8.63. The molecule has 2 heterocycles. The summed E-state index contributed by atoms with van der Waals surface area (Å²) in [6, 6.07) is 25.0. The lowest BCUT2D eigenvalue weighted by atomic mass is 9.95. The summed E-state index contributed by atoms with van der Waals surface area (Å²) in [7, 11) is 0. The second-order valence-corrected chi connectivity index (χ2v) is 8.73. The molecule has 0 radical (unpaired) electrons. The molecule has 0 saturated carbocycles. The zero-order valence-electron chi connectivity index (χ0n) is 19.0. The van der Waals surface area contributed by atoms with Gasteiger partial charge in [0, 0.05) is 5.56 Å². The molecule has 3 aromatic carbocycles. The van der Waals surface area contributed by atoms with E-state index in [4.69, 9.17) is 4.42 Å². The largest absolute Gasteiger partial charge is 0.420 e. The Morgan fingerprint density at radius 3 is 1.82 bits per heavy atom. The van der Waals surface area contributed by atoms with Crippen molar-refractivity contribution in [2.24, 2.45) is 5.92 Å². The quantitative estimate of drug-likeness (QED) is 0.379. The first-order chi connectivity index (χ1) is 16.5. The molecule has 6 heteroatoms. The van der Waals surface area contributed by atoms with Crippen molar-refractivity contribution in [3.63, 3.8) is 0 Å². The number of aromatic nitrogens is 1. The van der Waals surface area contributed by atoms with E-state index in [0.29, 0.717) is 28.1 Å². The maximum absolute atomic E-state index is 13.4. The zero-order valence-corrected chi connectivity index (χ0v) is 19.0. The van der Waals surface area contributed by atoms with E-state index in [1.807, 2.05) is 74.5 Å². The molecule has 1 aromatic heterocycles. The van der Waals surface area contributed by atoms with E-state index in [2.05, 4.69) is 0 Å². The Hall–Kier alpha value is -4.19. The molecule has 0 aliphatic carbocycles. The smallest absolute Gasteiger partial charge is 0.407 e. The molecule has 0 saturated heterocycles. The summed E-state index contributed by atoms with van der Waals surface area (Å²) in [5, 5.41) is 0. The minimum Gasteiger partial charge on any atom is -0.407 e. The van der Waals surface area contributed by atoms with E-state index in [0.717, 1.165) is 5.56 Å². The van der Waals surface area contributed by atoms with Gasteiger partial charge in [-0.05, 0) is 23.6 Å². The fourth-order valence-electron chi connectivity index (χ4n) is 4.62. The van der Waals surface area contributed by atoms with Crippen LogP contribution in [0.15, 0.2) is 94.1 Å². The van der Waals surface area contributed by atoms with Crippen molar-refractivity contribution in [3.8, 4) is 11.3 Å². The number of oxazole rings is 1. The van der Waals surface area contributed by atoms with Crippen LogP contribution in [0.3, 0.4) is 0 Å². The van der Waals surface area contributed by atoms with Gasteiger partial charge in [0.2, 0.25) is 0 Å². The molecule has 0 bridgehead atoms. The number of imide groups is 1. The summed E-state index contributed by atoms with van der Waals surface area (Å²) in [5.74, 6) is -1.06. The fraction of sp³-hybridized carbons (Fsp3) is 0.179. The van der Waals surface area contributed by atoms with Gasteiger partial charge in [0.05, 0.1) is 29.4 Å². The minimum atomic E-state index is -0.697. The van der Waals surface area contributed by atoms with Crippen molar-refractivity contribution in [3.05, 3.63) is 118 Å². The van der Waals surface area contributed by atoms with Crippen LogP contribution in [0.5, 0.6) is 0 Å². The number of nitrogens with zero attached hydrogens (tertiary/aromatic N) is 2. The summed E-state index contributed by atoms with van der Waals surface area (Å²) < 4.78 is 7.35. The van der Waals surface area contributed by atoms with Crippen molar-refractivity contribution in [1.82, 2.24) is 9.47 Å². The van der Waals surface area contributed by atoms with E-state index >= 15 is 0 Å². The predicted octanol–water partition coefficient (Wildman–Crippen LogP) is 5.15. The maximum atomic E-state index is 13.4. The van der Waals surface area contributed by atoms with Gasteiger partial charge in [-0.3, -0.25) is 19.1 Å². The Labute approximate surface area is 197 Å².